The molecule has 3 N–H and O–H groups in total. The Hall–Kier alpha value is -0.610. The summed E-state index contributed by atoms with van der Waals surface area (Å²) in [7, 11) is 0. The molecule has 1 aliphatic rings. The molecular formula is C15H30N2O2. The summed E-state index contributed by atoms with van der Waals surface area (Å²) in [5, 5.41) is 16.0. The third-order valence-corrected chi connectivity index (χ3v) is 4.38. The Bertz CT molecular complexity index is 305. The highest BCUT2D eigenvalue weighted by Crippen LogP contribution is 2.31. The van der Waals surface area contributed by atoms with Gasteiger partial charge in [0.1, 0.15) is 0 Å². The smallest absolute Gasteiger partial charge is 0.234 e. The molecule has 1 saturated carbocycles. The Kier molecular flexibility index (Phi) is 5.81. The first kappa shape index (κ1) is 16.4. The van der Waals surface area contributed by atoms with Gasteiger partial charge in [0.25, 0.3) is 0 Å². The van der Waals surface area contributed by atoms with Gasteiger partial charge in [-0.15, -0.1) is 0 Å². The van der Waals surface area contributed by atoms with Crippen LogP contribution in [0.15, 0.2) is 0 Å². The van der Waals surface area contributed by atoms with E-state index in [9.17, 15) is 9.90 Å². The van der Waals surface area contributed by atoms with E-state index in [2.05, 4.69) is 24.5 Å². The predicted octanol–water partition coefficient (Wildman–Crippen LogP) is 1.82. The maximum Gasteiger partial charge on any atom is 0.234 e. The molecule has 1 fully saturated rings. The minimum Gasteiger partial charge on any atom is -0.394 e. The molecule has 112 valence electrons. The molecule has 1 amide bonds. The predicted molar refractivity (Wildman–Crippen MR) is 78.0 cm³/mol. The van der Waals surface area contributed by atoms with E-state index < -0.39 is 0 Å². The van der Waals surface area contributed by atoms with Crippen LogP contribution in [-0.2, 0) is 4.79 Å². The van der Waals surface area contributed by atoms with Crippen LogP contribution in [0.4, 0.5) is 0 Å². The molecule has 0 aliphatic heterocycles. The van der Waals surface area contributed by atoms with Gasteiger partial charge in [-0.3, -0.25) is 4.79 Å². The number of hydrogen-bond acceptors (Lipinski definition) is 3. The Labute approximate surface area is 117 Å². The summed E-state index contributed by atoms with van der Waals surface area (Å²) in [6, 6.07) is 0. The van der Waals surface area contributed by atoms with E-state index in [1.807, 2.05) is 13.8 Å². The lowest BCUT2D eigenvalue weighted by Gasteiger charge is -2.39. The van der Waals surface area contributed by atoms with Gasteiger partial charge in [-0.05, 0) is 39.0 Å². The fourth-order valence-electron chi connectivity index (χ4n) is 2.80. The van der Waals surface area contributed by atoms with Crippen LogP contribution in [0, 0.1) is 5.92 Å². The van der Waals surface area contributed by atoms with E-state index in [4.69, 9.17) is 0 Å². The van der Waals surface area contributed by atoms with Gasteiger partial charge in [-0.2, -0.15) is 0 Å². The second kappa shape index (κ2) is 6.71. The summed E-state index contributed by atoms with van der Waals surface area (Å²) < 4.78 is 0. The number of hydrogen-bond donors (Lipinski definition) is 3. The zero-order valence-electron chi connectivity index (χ0n) is 12.9. The van der Waals surface area contributed by atoms with E-state index in [0.717, 1.165) is 25.7 Å². The molecule has 1 rings (SSSR count). The summed E-state index contributed by atoms with van der Waals surface area (Å²) in [4.78, 5) is 11.9. The maximum atomic E-state index is 11.9. The second-order valence-electron chi connectivity index (χ2n) is 6.78. The van der Waals surface area contributed by atoms with E-state index in [1.165, 1.54) is 6.42 Å². The van der Waals surface area contributed by atoms with E-state index in [0.29, 0.717) is 5.92 Å². The lowest BCUT2D eigenvalue weighted by molar-refractivity contribution is -0.122. The average Bonchev–Trinajstić information content (AvgIpc) is 2.36. The van der Waals surface area contributed by atoms with Crippen molar-refractivity contribution in [2.45, 2.75) is 70.9 Å². The third-order valence-electron chi connectivity index (χ3n) is 4.38. The Morgan fingerprint density at radius 3 is 2.68 bits per heavy atom. The number of amides is 1. The van der Waals surface area contributed by atoms with Gasteiger partial charge in [0, 0.05) is 11.1 Å². The fraction of sp³-hybridized carbons (Fsp3) is 0.933. The first-order valence-corrected chi connectivity index (χ1v) is 7.49. The van der Waals surface area contributed by atoms with Crippen LogP contribution in [0.25, 0.3) is 0 Å². The first-order chi connectivity index (χ1) is 8.82. The van der Waals surface area contributed by atoms with Crippen LogP contribution in [0.2, 0.25) is 0 Å². The van der Waals surface area contributed by atoms with Crippen molar-refractivity contribution in [1.82, 2.24) is 10.6 Å². The molecule has 4 nitrogen and oxygen atoms in total. The number of aliphatic hydroxyl groups excluding tert-OH is 1. The fourth-order valence-corrected chi connectivity index (χ4v) is 2.80. The molecule has 0 bridgehead atoms. The minimum atomic E-state index is -0.259. The SMILES string of the molecule is CCC(C)(C)NC(=O)CNC1(CO)CCCC(C)C1. The highest BCUT2D eigenvalue weighted by molar-refractivity contribution is 5.78. The summed E-state index contributed by atoms with van der Waals surface area (Å²) in [5.74, 6) is 0.626. The van der Waals surface area contributed by atoms with Gasteiger partial charge < -0.3 is 15.7 Å². The highest BCUT2D eigenvalue weighted by atomic mass is 16.3. The van der Waals surface area contributed by atoms with E-state index in [1.54, 1.807) is 0 Å². The minimum absolute atomic E-state index is 0.0119. The van der Waals surface area contributed by atoms with Crippen molar-refractivity contribution in [3.05, 3.63) is 0 Å². The topological polar surface area (TPSA) is 61.4 Å². The molecule has 0 aromatic carbocycles. The molecule has 2 atom stereocenters. The third kappa shape index (κ3) is 5.11. The number of carbonyl (C=O) groups excluding carboxylic acids is 1. The first-order valence-electron chi connectivity index (χ1n) is 7.49. The molecule has 0 aromatic rings. The molecule has 0 aromatic heterocycles. The normalized spacial score (nSPS) is 28.2. The van der Waals surface area contributed by atoms with Crippen molar-refractivity contribution in [2.24, 2.45) is 5.92 Å². The summed E-state index contributed by atoms with van der Waals surface area (Å²) in [5.41, 5.74) is -0.420. The quantitative estimate of drug-likeness (QED) is 0.690. The largest absolute Gasteiger partial charge is 0.394 e. The van der Waals surface area contributed by atoms with Crippen molar-refractivity contribution in [3.63, 3.8) is 0 Å². The Morgan fingerprint density at radius 1 is 1.47 bits per heavy atom. The van der Waals surface area contributed by atoms with Gasteiger partial charge in [0.15, 0.2) is 0 Å². The molecule has 0 spiro atoms. The molecule has 1 aliphatic carbocycles. The lowest BCUT2D eigenvalue weighted by atomic mass is 9.77. The summed E-state index contributed by atoms with van der Waals surface area (Å²) >= 11 is 0. The number of carbonyl (C=O) groups is 1. The highest BCUT2D eigenvalue weighted by Gasteiger charge is 2.34. The van der Waals surface area contributed by atoms with Gasteiger partial charge in [0.05, 0.1) is 13.2 Å². The van der Waals surface area contributed by atoms with Crippen molar-refractivity contribution in [3.8, 4) is 0 Å². The molecule has 0 heterocycles. The molecule has 19 heavy (non-hydrogen) atoms. The molecule has 0 saturated heterocycles. The van der Waals surface area contributed by atoms with E-state index >= 15 is 0 Å². The van der Waals surface area contributed by atoms with E-state index in [-0.39, 0.29) is 30.1 Å². The Balaban J connectivity index is 2.47. The zero-order chi connectivity index (χ0) is 14.5. The lowest BCUT2D eigenvalue weighted by Crippen LogP contribution is -2.55. The molecule has 2 unspecified atom stereocenters. The van der Waals surface area contributed by atoms with Crippen molar-refractivity contribution < 1.29 is 9.90 Å². The van der Waals surface area contributed by atoms with Crippen LogP contribution < -0.4 is 10.6 Å². The van der Waals surface area contributed by atoms with Crippen LogP contribution >= 0.6 is 0 Å². The number of aliphatic hydroxyl groups is 1. The van der Waals surface area contributed by atoms with Crippen LogP contribution in [0.5, 0.6) is 0 Å². The van der Waals surface area contributed by atoms with Gasteiger partial charge in [0.2, 0.25) is 5.91 Å². The van der Waals surface area contributed by atoms with Crippen LogP contribution in [0.1, 0.15) is 59.8 Å². The molecule has 0 radical (unpaired) electrons. The standard InChI is InChI=1S/C15H30N2O2/c1-5-14(3,4)17-13(19)10-16-15(11-18)8-6-7-12(2)9-15/h12,16,18H,5-11H2,1-4H3,(H,17,19). The zero-order valence-corrected chi connectivity index (χ0v) is 12.9. The molecule has 4 heteroatoms. The summed E-state index contributed by atoms with van der Waals surface area (Å²) in [6.07, 6.45) is 5.16. The monoisotopic (exact) mass is 270 g/mol. The van der Waals surface area contributed by atoms with Crippen molar-refractivity contribution in [2.75, 3.05) is 13.2 Å². The second-order valence-corrected chi connectivity index (χ2v) is 6.78. The maximum absolute atomic E-state index is 11.9. The van der Waals surface area contributed by atoms with Crippen LogP contribution in [-0.4, -0.2) is 35.2 Å². The van der Waals surface area contributed by atoms with Gasteiger partial charge in [-0.1, -0.05) is 26.7 Å². The number of rotatable bonds is 6. The Morgan fingerprint density at radius 2 is 2.16 bits per heavy atom. The van der Waals surface area contributed by atoms with Gasteiger partial charge in [-0.25, -0.2) is 0 Å². The summed E-state index contributed by atoms with van der Waals surface area (Å²) in [6.45, 7) is 8.72. The van der Waals surface area contributed by atoms with Gasteiger partial charge >= 0.3 is 0 Å². The van der Waals surface area contributed by atoms with Crippen LogP contribution in [0.3, 0.4) is 0 Å². The van der Waals surface area contributed by atoms with Crippen molar-refractivity contribution >= 4 is 5.91 Å². The number of nitrogens with one attached hydrogen (secondary N) is 2. The average molecular weight is 270 g/mol. The molecular weight excluding hydrogens is 240 g/mol. The van der Waals surface area contributed by atoms with Crippen molar-refractivity contribution in [1.29, 1.82) is 0 Å².